The first kappa shape index (κ1) is 19.5. The molecule has 3 N–H and O–H groups in total. The number of anilines is 1. The molecule has 7 nitrogen and oxygen atoms in total. The van der Waals surface area contributed by atoms with Crippen molar-refractivity contribution in [2.24, 2.45) is 5.92 Å². The molecule has 27 heavy (non-hydrogen) atoms. The molecule has 7 heteroatoms. The van der Waals surface area contributed by atoms with E-state index < -0.39 is 5.97 Å². The molecule has 3 rings (SSSR count). The Labute approximate surface area is 160 Å². The quantitative estimate of drug-likeness (QED) is 0.650. The van der Waals surface area contributed by atoms with Crippen LogP contribution in [0, 0.1) is 19.8 Å². The predicted molar refractivity (Wildman–Crippen MR) is 103 cm³/mol. The Morgan fingerprint density at radius 3 is 2.56 bits per heavy atom. The molecule has 0 aromatic heterocycles. The number of aryl methyl sites for hydroxylation is 1. The number of amides is 2. The fraction of sp³-hybridized carbons (Fsp3) is 0.600. The fourth-order valence-corrected chi connectivity index (χ4v) is 3.66. The van der Waals surface area contributed by atoms with E-state index in [0.717, 1.165) is 42.0 Å². The summed E-state index contributed by atoms with van der Waals surface area (Å²) < 4.78 is 5.35. The van der Waals surface area contributed by atoms with Crippen LogP contribution in [-0.2, 0) is 4.79 Å². The Morgan fingerprint density at radius 2 is 1.96 bits per heavy atom. The van der Waals surface area contributed by atoms with E-state index in [0.29, 0.717) is 5.92 Å². The monoisotopic (exact) mass is 375 g/mol. The number of urea groups is 1. The second-order valence-corrected chi connectivity index (χ2v) is 7.83. The maximum Gasteiger partial charge on any atom is 0.319 e. The zero-order chi connectivity index (χ0) is 19.6. The SMILES string of the molecule is COc1cc(C)cc(NC(=O)NC2CC(N(CC(=O)O)CC3CC3)C2)c1C. The number of carboxylic acids is 1. The highest BCUT2D eigenvalue weighted by molar-refractivity contribution is 5.91. The molecular weight excluding hydrogens is 346 g/mol. The Balaban J connectivity index is 1.50. The lowest BCUT2D eigenvalue weighted by Crippen LogP contribution is -2.55. The summed E-state index contributed by atoms with van der Waals surface area (Å²) in [5.74, 6) is 0.617. The standard InChI is InChI=1S/C20H29N3O4/c1-12-6-17(13(2)18(7-12)27-3)22-20(26)21-15-8-16(9-15)23(11-19(24)25)10-14-4-5-14/h6-7,14-16H,4-5,8-11H2,1-3H3,(H,24,25)(H2,21,22,26). The maximum atomic E-state index is 12.4. The first-order valence-electron chi connectivity index (χ1n) is 9.54. The molecule has 0 radical (unpaired) electrons. The van der Waals surface area contributed by atoms with Crippen molar-refractivity contribution in [1.82, 2.24) is 10.2 Å². The largest absolute Gasteiger partial charge is 0.496 e. The number of carboxylic acid groups (broad SMARTS) is 1. The summed E-state index contributed by atoms with van der Waals surface area (Å²) >= 11 is 0. The lowest BCUT2D eigenvalue weighted by Gasteiger charge is -2.42. The molecule has 0 unspecified atom stereocenters. The van der Waals surface area contributed by atoms with E-state index in [9.17, 15) is 9.59 Å². The topological polar surface area (TPSA) is 90.9 Å². The minimum Gasteiger partial charge on any atom is -0.496 e. The first-order chi connectivity index (χ1) is 12.9. The van der Waals surface area contributed by atoms with E-state index in [1.165, 1.54) is 12.8 Å². The number of aliphatic carboxylic acids is 1. The summed E-state index contributed by atoms with van der Waals surface area (Å²) in [6.07, 6.45) is 3.99. The van der Waals surface area contributed by atoms with Gasteiger partial charge >= 0.3 is 12.0 Å². The van der Waals surface area contributed by atoms with Crippen LogP contribution in [-0.4, -0.2) is 54.3 Å². The smallest absolute Gasteiger partial charge is 0.319 e. The molecule has 2 fully saturated rings. The van der Waals surface area contributed by atoms with Gasteiger partial charge in [0.25, 0.3) is 0 Å². The van der Waals surface area contributed by atoms with E-state index in [2.05, 4.69) is 15.5 Å². The summed E-state index contributed by atoms with van der Waals surface area (Å²) in [5.41, 5.74) is 2.64. The van der Waals surface area contributed by atoms with Crippen LogP contribution < -0.4 is 15.4 Å². The maximum absolute atomic E-state index is 12.4. The van der Waals surface area contributed by atoms with Gasteiger partial charge in [0.1, 0.15) is 5.75 Å². The summed E-state index contributed by atoms with van der Waals surface area (Å²) in [6, 6.07) is 3.95. The highest BCUT2D eigenvalue weighted by atomic mass is 16.5. The minimum absolute atomic E-state index is 0.0810. The molecule has 2 saturated carbocycles. The normalized spacial score (nSPS) is 21.5. The molecule has 0 heterocycles. The first-order valence-corrected chi connectivity index (χ1v) is 9.54. The molecule has 2 aliphatic carbocycles. The van der Waals surface area contributed by atoms with Crippen molar-refractivity contribution in [1.29, 1.82) is 0 Å². The molecule has 0 bridgehead atoms. The molecule has 148 valence electrons. The molecule has 0 atom stereocenters. The minimum atomic E-state index is -0.784. The summed E-state index contributed by atoms with van der Waals surface area (Å²) in [5, 5.41) is 15.0. The van der Waals surface area contributed by atoms with E-state index in [1.54, 1.807) is 7.11 Å². The number of methoxy groups -OCH3 is 1. The predicted octanol–water partition coefficient (Wildman–Crippen LogP) is 2.76. The van der Waals surface area contributed by atoms with Gasteiger partial charge in [-0.05, 0) is 63.1 Å². The Hall–Kier alpha value is -2.28. The van der Waals surface area contributed by atoms with Crippen LogP contribution in [0.3, 0.4) is 0 Å². The van der Waals surface area contributed by atoms with Gasteiger partial charge in [-0.3, -0.25) is 9.69 Å². The van der Waals surface area contributed by atoms with Crippen LogP contribution in [0.25, 0.3) is 0 Å². The van der Waals surface area contributed by atoms with E-state index in [4.69, 9.17) is 9.84 Å². The van der Waals surface area contributed by atoms with Crippen LogP contribution in [0.5, 0.6) is 5.75 Å². The van der Waals surface area contributed by atoms with E-state index in [1.807, 2.05) is 26.0 Å². The van der Waals surface area contributed by atoms with Crippen LogP contribution >= 0.6 is 0 Å². The van der Waals surface area contributed by atoms with Gasteiger partial charge in [-0.2, -0.15) is 0 Å². The number of nitrogens with zero attached hydrogens (tertiary/aromatic N) is 1. The van der Waals surface area contributed by atoms with Crippen molar-refractivity contribution in [2.45, 2.75) is 51.6 Å². The fourth-order valence-electron chi connectivity index (χ4n) is 3.66. The average molecular weight is 375 g/mol. The molecule has 2 amide bonds. The van der Waals surface area contributed by atoms with Gasteiger partial charge in [-0.15, -0.1) is 0 Å². The summed E-state index contributed by atoms with van der Waals surface area (Å²) in [4.78, 5) is 25.5. The second-order valence-electron chi connectivity index (χ2n) is 7.83. The molecule has 2 aliphatic rings. The molecular formula is C20H29N3O4. The number of rotatable bonds is 8. The lowest BCUT2D eigenvalue weighted by atomic mass is 9.85. The number of nitrogens with one attached hydrogen (secondary N) is 2. The van der Waals surface area contributed by atoms with Gasteiger partial charge in [0.15, 0.2) is 0 Å². The van der Waals surface area contributed by atoms with E-state index >= 15 is 0 Å². The number of ether oxygens (including phenoxy) is 1. The number of hydrogen-bond donors (Lipinski definition) is 3. The number of carbonyl (C=O) groups excluding carboxylic acids is 1. The van der Waals surface area contributed by atoms with Gasteiger partial charge in [0, 0.05) is 29.9 Å². The number of carbonyl (C=O) groups is 2. The van der Waals surface area contributed by atoms with Crippen molar-refractivity contribution >= 4 is 17.7 Å². The number of benzene rings is 1. The Bertz CT molecular complexity index is 711. The molecule has 0 spiro atoms. The molecule has 1 aromatic rings. The summed E-state index contributed by atoms with van der Waals surface area (Å²) in [7, 11) is 1.62. The zero-order valence-electron chi connectivity index (χ0n) is 16.2. The van der Waals surface area contributed by atoms with Gasteiger partial charge in [-0.25, -0.2) is 4.79 Å². The Morgan fingerprint density at radius 1 is 1.26 bits per heavy atom. The third-order valence-corrected chi connectivity index (χ3v) is 5.47. The van der Waals surface area contributed by atoms with Crippen LogP contribution in [0.15, 0.2) is 12.1 Å². The van der Waals surface area contributed by atoms with Gasteiger partial charge < -0.3 is 20.5 Å². The second kappa shape index (κ2) is 8.17. The van der Waals surface area contributed by atoms with Crippen molar-refractivity contribution in [3.05, 3.63) is 23.3 Å². The van der Waals surface area contributed by atoms with Gasteiger partial charge in [0.2, 0.25) is 0 Å². The van der Waals surface area contributed by atoms with Crippen molar-refractivity contribution < 1.29 is 19.4 Å². The van der Waals surface area contributed by atoms with Crippen molar-refractivity contribution in [3.63, 3.8) is 0 Å². The van der Waals surface area contributed by atoms with Gasteiger partial charge in [-0.1, -0.05) is 0 Å². The zero-order valence-corrected chi connectivity index (χ0v) is 16.2. The lowest BCUT2D eigenvalue weighted by molar-refractivity contribution is -0.139. The third kappa shape index (κ3) is 5.13. The average Bonchev–Trinajstić information content (AvgIpc) is 3.36. The van der Waals surface area contributed by atoms with Crippen molar-refractivity contribution in [3.8, 4) is 5.75 Å². The van der Waals surface area contributed by atoms with Crippen molar-refractivity contribution in [2.75, 3.05) is 25.5 Å². The molecule has 1 aromatic carbocycles. The molecule has 0 saturated heterocycles. The van der Waals surface area contributed by atoms with Gasteiger partial charge in [0.05, 0.1) is 13.7 Å². The highest BCUT2D eigenvalue weighted by Crippen LogP contribution is 2.34. The third-order valence-electron chi connectivity index (χ3n) is 5.47. The number of hydrogen-bond acceptors (Lipinski definition) is 4. The van der Waals surface area contributed by atoms with E-state index in [-0.39, 0.29) is 24.7 Å². The highest BCUT2D eigenvalue weighted by Gasteiger charge is 2.37. The summed E-state index contributed by atoms with van der Waals surface area (Å²) in [6.45, 7) is 4.81. The Kier molecular flexibility index (Phi) is 5.89. The van der Waals surface area contributed by atoms with Crippen LogP contribution in [0.4, 0.5) is 10.5 Å². The molecule has 0 aliphatic heterocycles. The van der Waals surface area contributed by atoms with Crippen LogP contribution in [0.1, 0.15) is 36.8 Å². The van der Waals surface area contributed by atoms with Crippen LogP contribution in [0.2, 0.25) is 0 Å².